The van der Waals surface area contributed by atoms with Crippen molar-refractivity contribution < 1.29 is 24.2 Å². The summed E-state index contributed by atoms with van der Waals surface area (Å²) in [6, 6.07) is 0. The van der Waals surface area contributed by atoms with Gasteiger partial charge in [-0.25, -0.2) is 0 Å². The van der Waals surface area contributed by atoms with E-state index in [-0.39, 0.29) is 25.2 Å². The minimum atomic E-state index is -0.805. The zero-order valence-corrected chi connectivity index (χ0v) is 45.9. The lowest BCUT2D eigenvalue weighted by Gasteiger charge is -2.15. The molecule has 0 aromatic carbocycles. The van der Waals surface area contributed by atoms with Gasteiger partial charge >= 0.3 is 11.9 Å². The average molecular weight is 990 g/mol. The summed E-state index contributed by atoms with van der Waals surface area (Å²) in [6.45, 7) is 3.86. The first-order valence-corrected chi connectivity index (χ1v) is 28.7. The molecule has 402 valence electrons. The van der Waals surface area contributed by atoms with Gasteiger partial charge in [-0.2, -0.15) is 0 Å². The number of hydrogen-bond donors (Lipinski definition) is 1. The van der Waals surface area contributed by atoms with Gasteiger partial charge in [-0.05, 0) is 128 Å². The first-order chi connectivity index (χ1) is 35.6. The van der Waals surface area contributed by atoms with Crippen molar-refractivity contribution in [3.8, 4) is 0 Å². The van der Waals surface area contributed by atoms with Gasteiger partial charge in [0.2, 0.25) is 0 Å². The molecule has 72 heavy (non-hydrogen) atoms. The molecule has 0 radical (unpaired) electrons. The Labute approximate surface area is 443 Å². The fourth-order valence-corrected chi connectivity index (χ4v) is 7.28. The van der Waals surface area contributed by atoms with Gasteiger partial charge < -0.3 is 14.6 Å². The predicted molar refractivity (Wildman–Crippen MR) is 315 cm³/mol. The summed E-state index contributed by atoms with van der Waals surface area (Å²) >= 11 is 0. The maximum Gasteiger partial charge on any atom is 0.306 e. The van der Waals surface area contributed by atoms with Gasteiger partial charge in [0.15, 0.2) is 6.10 Å². The predicted octanol–water partition coefficient (Wildman–Crippen LogP) is 19.7. The van der Waals surface area contributed by atoms with Gasteiger partial charge in [0.05, 0.1) is 6.61 Å². The van der Waals surface area contributed by atoms with E-state index in [0.29, 0.717) is 12.8 Å². The topological polar surface area (TPSA) is 72.8 Å². The van der Waals surface area contributed by atoms with Crippen LogP contribution in [0.4, 0.5) is 0 Å². The number of carbonyl (C=O) groups excluding carboxylic acids is 2. The summed E-state index contributed by atoms with van der Waals surface area (Å²) in [4.78, 5) is 24.5. The van der Waals surface area contributed by atoms with Crippen LogP contribution >= 0.6 is 0 Å². The highest BCUT2D eigenvalue weighted by Gasteiger charge is 2.16. The van der Waals surface area contributed by atoms with E-state index in [2.05, 4.69) is 184 Å². The van der Waals surface area contributed by atoms with Gasteiger partial charge in [0.25, 0.3) is 0 Å². The number of ether oxygens (including phenoxy) is 2. The quantitative estimate of drug-likeness (QED) is 0.0373. The van der Waals surface area contributed by atoms with Crippen LogP contribution in [0.1, 0.15) is 219 Å². The van der Waals surface area contributed by atoms with Crippen LogP contribution in [0.15, 0.2) is 170 Å². The fraction of sp³-hybridized carbons (Fsp3) is 0.552. The third-order valence-corrected chi connectivity index (χ3v) is 11.5. The van der Waals surface area contributed by atoms with Gasteiger partial charge in [-0.15, -0.1) is 0 Å². The highest BCUT2D eigenvalue weighted by Crippen LogP contribution is 2.14. The lowest BCUT2D eigenvalue weighted by Crippen LogP contribution is -2.28. The normalized spacial score (nSPS) is 13.5. The summed E-state index contributed by atoms with van der Waals surface area (Å²) in [5, 5.41) is 9.65. The van der Waals surface area contributed by atoms with E-state index in [1.165, 1.54) is 64.2 Å². The van der Waals surface area contributed by atoms with Gasteiger partial charge in [-0.3, -0.25) is 9.59 Å². The highest BCUT2D eigenvalue weighted by molar-refractivity contribution is 5.70. The Bertz CT molecular complexity index is 1640. The van der Waals surface area contributed by atoms with E-state index < -0.39 is 6.10 Å². The van der Waals surface area contributed by atoms with Crippen molar-refractivity contribution in [3.63, 3.8) is 0 Å². The second kappa shape index (κ2) is 60.6. The van der Waals surface area contributed by atoms with Crippen LogP contribution < -0.4 is 0 Å². The molecule has 0 aliphatic carbocycles. The Balaban J connectivity index is 3.62. The third-order valence-electron chi connectivity index (χ3n) is 11.5. The molecule has 0 aliphatic rings. The molecule has 1 unspecified atom stereocenters. The zero-order chi connectivity index (χ0) is 52.0. The number of aliphatic hydroxyl groups is 1. The molecule has 0 aliphatic heterocycles. The van der Waals surface area contributed by atoms with Crippen LogP contribution in [0.2, 0.25) is 0 Å². The number of allylic oxidation sites excluding steroid dienone is 28. The standard InChI is InChI=1S/C67H104O5/c1-3-5-7-9-11-13-15-17-19-21-23-25-26-27-28-29-30-31-32-33-34-35-36-37-38-39-40-42-44-46-48-50-52-54-56-58-60-62-67(70)72-65(63-68)64-71-66(69)61-59-57-55-53-51-49-47-45-43-41-24-22-20-18-16-14-12-10-8-6-4-2/h5-8,11-14,17-20,23-25,27-28,30-31,33-34,36-37,41,45,47,51,53,65,68H,3-4,9-10,15-16,21-22,26,29,32,35,38-40,42-44,46,48-50,52,54-64H2,1-2H3/b7-5-,8-6-,13-11-,14-12-,19-17-,20-18-,25-23-,28-27-,31-30-,34-33-,37-36-,41-24-,47-45-,53-51-. The number of esters is 2. The molecule has 0 aromatic heterocycles. The molecular formula is C67H104O5. The largest absolute Gasteiger partial charge is 0.462 e. The van der Waals surface area contributed by atoms with E-state index in [1.54, 1.807) is 0 Å². The molecule has 0 amide bonds. The summed E-state index contributed by atoms with van der Waals surface area (Å²) in [6.07, 6.45) is 94.7. The second-order valence-corrected chi connectivity index (χ2v) is 18.2. The van der Waals surface area contributed by atoms with E-state index in [1.807, 2.05) is 0 Å². The Kier molecular flexibility index (Phi) is 56.6. The van der Waals surface area contributed by atoms with E-state index in [4.69, 9.17) is 9.47 Å². The van der Waals surface area contributed by atoms with Crippen molar-refractivity contribution in [2.75, 3.05) is 13.2 Å². The van der Waals surface area contributed by atoms with Crippen molar-refractivity contribution in [1.82, 2.24) is 0 Å². The lowest BCUT2D eigenvalue weighted by molar-refractivity contribution is -0.161. The molecule has 1 N–H and O–H groups in total. The molecule has 5 nitrogen and oxygen atoms in total. The van der Waals surface area contributed by atoms with E-state index in [0.717, 1.165) is 128 Å². The van der Waals surface area contributed by atoms with Gasteiger partial charge in [-0.1, -0.05) is 248 Å². The summed E-state index contributed by atoms with van der Waals surface area (Å²) in [7, 11) is 0. The molecule has 0 fully saturated rings. The molecule has 5 heteroatoms. The first kappa shape index (κ1) is 67.3. The van der Waals surface area contributed by atoms with Crippen LogP contribution in [0, 0.1) is 0 Å². The van der Waals surface area contributed by atoms with E-state index in [9.17, 15) is 14.7 Å². The summed E-state index contributed by atoms with van der Waals surface area (Å²) in [5.74, 6) is -0.655. The smallest absolute Gasteiger partial charge is 0.306 e. The Morgan fingerprint density at radius 3 is 0.861 bits per heavy atom. The van der Waals surface area contributed by atoms with Gasteiger partial charge in [0.1, 0.15) is 6.61 Å². The van der Waals surface area contributed by atoms with Crippen LogP contribution in [0.25, 0.3) is 0 Å². The first-order valence-electron chi connectivity index (χ1n) is 28.7. The maximum atomic E-state index is 12.3. The van der Waals surface area contributed by atoms with Crippen molar-refractivity contribution >= 4 is 11.9 Å². The molecule has 0 heterocycles. The molecule has 0 saturated carbocycles. The third kappa shape index (κ3) is 57.8. The Hall–Kier alpha value is -4.74. The van der Waals surface area contributed by atoms with Crippen LogP contribution in [-0.4, -0.2) is 36.4 Å². The number of unbranched alkanes of at least 4 members (excludes halogenated alkanes) is 14. The van der Waals surface area contributed by atoms with Gasteiger partial charge in [0, 0.05) is 12.8 Å². The average Bonchev–Trinajstić information content (AvgIpc) is 3.38. The van der Waals surface area contributed by atoms with Crippen LogP contribution in [0.3, 0.4) is 0 Å². The summed E-state index contributed by atoms with van der Waals surface area (Å²) < 4.78 is 10.7. The fourth-order valence-electron chi connectivity index (χ4n) is 7.28. The van der Waals surface area contributed by atoms with Crippen molar-refractivity contribution in [3.05, 3.63) is 170 Å². The molecule has 1 atom stereocenters. The zero-order valence-electron chi connectivity index (χ0n) is 45.9. The van der Waals surface area contributed by atoms with Crippen LogP contribution in [0.5, 0.6) is 0 Å². The number of hydrogen-bond acceptors (Lipinski definition) is 5. The minimum Gasteiger partial charge on any atom is -0.462 e. The van der Waals surface area contributed by atoms with Crippen LogP contribution in [-0.2, 0) is 19.1 Å². The Morgan fingerprint density at radius 1 is 0.319 bits per heavy atom. The molecule has 0 rings (SSSR count). The Morgan fingerprint density at radius 2 is 0.556 bits per heavy atom. The highest BCUT2D eigenvalue weighted by atomic mass is 16.6. The molecule has 0 saturated heterocycles. The molecule has 0 bridgehead atoms. The van der Waals surface area contributed by atoms with Crippen molar-refractivity contribution in [1.29, 1.82) is 0 Å². The number of aliphatic hydroxyl groups excluding tert-OH is 1. The second-order valence-electron chi connectivity index (χ2n) is 18.2. The molecule has 0 spiro atoms. The SMILES string of the molecule is CC/C=C\C/C=C\C/C=C\C/C=C\C/C=C\C/C=C\C/C=C\C/C=C\CCCCCCCCCCCCCCC(=O)OC(CO)COC(=O)CCCC/C=C\C/C=C\C/C=C\C/C=C\C/C=C\C/C=C\CC. The monoisotopic (exact) mass is 989 g/mol. The summed E-state index contributed by atoms with van der Waals surface area (Å²) in [5.41, 5.74) is 0. The number of carbonyl (C=O) groups is 2. The van der Waals surface area contributed by atoms with Crippen molar-refractivity contribution in [2.45, 2.75) is 225 Å². The minimum absolute atomic E-state index is 0.0999. The molecular weight excluding hydrogens is 885 g/mol. The maximum absolute atomic E-state index is 12.3. The molecule has 0 aromatic rings. The van der Waals surface area contributed by atoms with E-state index >= 15 is 0 Å². The van der Waals surface area contributed by atoms with Crippen molar-refractivity contribution in [2.24, 2.45) is 0 Å². The number of rotatable bonds is 50. The lowest BCUT2D eigenvalue weighted by atomic mass is 10.0.